The number of rotatable bonds is 5. The highest BCUT2D eigenvalue weighted by atomic mass is 79.9. The van der Waals surface area contributed by atoms with Gasteiger partial charge in [0.25, 0.3) is 0 Å². The number of carboxylic acids is 1. The molecule has 0 amide bonds. The van der Waals surface area contributed by atoms with E-state index in [4.69, 9.17) is 0 Å². The number of carbonyl (C=O) groups is 1. The molecule has 1 aromatic carbocycles. The number of alkyl halides is 1. The SMILES string of the molecule is CC(CCCBr)(C(=O)O)c1ccccc1. The van der Waals surface area contributed by atoms with Crippen molar-refractivity contribution in [1.82, 2.24) is 0 Å². The Labute approximate surface area is 98.4 Å². The summed E-state index contributed by atoms with van der Waals surface area (Å²) < 4.78 is 0. The zero-order valence-corrected chi connectivity index (χ0v) is 10.3. The summed E-state index contributed by atoms with van der Waals surface area (Å²) in [4.78, 5) is 11.3. The van der Waals surface area contributed by atoms with Gasteiger partial charge in [0.2, 0.25) is 0 Å². The third-order valence-corrected chi connectivity index (χ3v) is 3.25. The van der Waals surface area contributed by atoms with Crippen molar-refractivity contribution in [3.8, 4) is 0 Å². The molecular weight excluding hydrogens is 256 g/mol. The van der Waals surface area contributed by atoms with Gasteiger partial charge in [-0.15, -0.1) is 0 Å². The number of aliphatic carboxylic acids is 1. The van der Waals surface area contributed by atoms with E-state index in [0.29, 0.717) is 6.42 Å². The molecule has 0 saturated heterocycles. The summed E-state index contributed by atoms with van der Waals surface area (Å²) in [6.07, 6.45) is 1.51. The lowest BCUT2D eigenvalue weighted by atomic mass is 9.79. The summed E-state index contributed by atoms with van der Waals surface area (Å²) in [6.45, 7) is 1.79. The molecule has 0 aliphatic heterocycles. The van der Waals surface area contributed by atoms with E-state index in [1.165, 1.54) is 0 Å². The van der Waals surface area contributed by atoms with Crippen LogP contribution in [0.3, 0.4) is 0 Å². The van der Waals surface area contributed by atoms with Crippen LogP contribution in [-0.2, 0) is 10.2 Å². The van der Waals surface area contributed by atoms with Gasteiger partial charge in [-0.25, -0.2) is 0 Å². The monoisotopic (exact) mass is 270 g/mol. The summed E-state index contributed by atoms with van der Waals surface area (Å²) in [5.41, 5.74) is 0.105. The van der Waals surface area contributed by atoms with E-state index in [0.717, 1.165) is 17.3 Å². The molecule has 82 valence electrons. The standard InChI is InChI=1S/C12H15BrO2/c1-12(11(14)15,8-5-9-13)10-6-3-2-4-7-10/h2-4,6-7H,5,8-9H2,1H3,(H,14,15). The number of hydrogen-bond donors (Lipinski definition) is 1. The van der Waals surface area contributed by atoms with E-state index in [1.54, 1.807) is 6.92 Å². The van der Waals surface area contributed by atoms with E-state index < -0.39 is 11.4 Å². The zero-order chi connectivity index (χ0) is 11.3. The molecule has 0 aliphatic rings. The lowest BCUT2D eigenvalue weighted by Crippen LogP contribution is -2.32. The Kier molecular flexibility index (Phi) is 4.33. The molecule has 0 aliphatic carbocycles. The van der Waals surface area contributed by atoms with Crippen molar-refractivity contribution in [2.45, 2.75) is 25.2 Å². The fourth-order valence-corrected chi connectivity index (χ4v) is 1.88. The number of carboxylic acid groups (broad SMARTS) is 1. The highest BCUT2D eigenvalue weighted by molar-refractivity contribution is 9.09. The summed E-state index contributed by atoms with van der Waals surface area (Å²) in [6, 6.07) is 9.41. The first-order valence-corrected chi connectivity index (χ1v) is 6.08. The van der Waals surface area contributed by atoms with Crippen LogP contribution in [0.5, 0.6) is 0 Å². The second-order valence-corrected chi connectivity index (χ2v) is 4.59. The molecule has 0 aromatic heterocycles. The molecule has 3 heteroatoms. The molecule has 1 atom stereocenters. The van der Waals surface area contributed by atoms with E-state index in [-0.39, 0.29) is 0 Å². The van der Waals surface area contributed by atoms with E-state index >= 15 is 0 Å². The van der Waals surface area contributed by atoms with Gasteiger partial charge in [-0.2, -0.15) is 0 Å². The molecule has 2 nitrogen and oxygen atoms in total. The first-order chi connectivity index (χ1) is 7.11. The normalized spacial score (nSPS) is 14.5. The Balaban J connectivity index is 2.96. The molecule has 15 heavy (non-hydrogen) atoms. The second-order valence-electron chi connectivity index (χ2n) is 3.80. The van der Waals surface area contributed by atoms with Crippen LogP contribution in [0.4, 0.5) is 0 Å². The molecule has 0 saturated carbocycles. The van der Waals surface area contributed by atoms with Crippen LogP contribution in [0.2, 0.25) is 0 Å². The van der Waals surface area contributed by atoms with Gasteiger partial charge in [0.05, 0.1) is 5.41 Å². The van der Waals surface area contributed by atoms with Crippen molar-refractivity contribution >= 4 is 21.9 Å². The van der Waals surface area contributed by atoms with Crippen LogP contribution in [-0.4, -0.2) is 16.4 Å². The van der Waals surface area contributed by atoms with Crippen molar-refractivity contribution in [1.29, 1.82) is 0 Å². The molecule has 1 unspecified atom stereocenters. The van der Waals surface area contributed by atoms with Gasteiger partial charge in [-0.05, 0) is 25.3 Å². The van der Waals surface area contributed by atoms with Crippen molar-refractivity contribution in [2.75, 3.05) is 5.33 Å². The molecule has 0 heterocycles. The first kappa shape index (κ1) is 12.2. The Bertz CT molecular complexity index is 324. The predicted octanol–water partition coefficient (Wildman–Crippen LogP) is 3.20. The van der Waals surface area contributed by atoms with Crippen molar-refractivity contribution in [3.63, 3.8) is 0 Å². The molecule has 0 spiro atoms. The largest absolute Gasteiger partial charge is 0.481 e. The van der Waals surface area contributed by atoms with Gasteiger partial charge >= 0.3 is 5.97 Å². The van der Waals surface area contributed by atoms with E-state index in [9.17, 15) is 9.90 Å². The number of halogens is 1. The van der Waals surface area contributed by atoms with E-state index in [2.05, 4.69) is 15.9 Å². The minimum atomic E-state index is -0.769. The van der Waals surface area contributed by atoms with Crippen molar-refractivity contribution < 1.29 is 9.90 Å². The topological polar surface area (TPSA) is 37.3 Å². The molecule has 1 rings (SSSR count). The highest BCUT2D eigenvalue weighted by Crippen LogP contribution is 2.29. The third kappa shape index (κ3) is 2.81. The van der Waals surface area contributed by atoms with E-state index in [1.807, 2.05) is 30.3 Å². The predicted molar refractivity (Wildman–Crippen MR) is 64.5 cm³/mol. The molecule has 0 fully saturated rings. The lowest BCUT2D eigenvalue weighted by molar-refractivity contribution is -0.143. The van der Waals surface area contributed by atoms with Crippen molar-refractivity contribution in [2.24, 2.45) is 0 Å². The Morgan fingerprint density at radius 2 is 2.00 bits per heavy atom. The molecule has 1 N–H and O–H groups in total. The van der Waals surface area contributed by atoms with Crippen LogP contribution in [0.25, 0.3) is 0 Å². The van der Waals surface area contributed by atoms with Gasteiger partial charge in [0.15, 0.2) is 0 Å². The van der Waals surface area contributed by atoms with Gasteiger partial charge < -0.3 is 5.11 Å². The van der Waals surface area contributed by atoms with Crippen LogP contribution in [0, 0.1) is 0 Å². The van der Waals surface area contributed by atoms with Crippen LogP contribution in [0.15, 0.2) is 30.3 Å². The second kappa shape index (κ2) is 5.31. The minimum absolute atomic E-state index is 0.650. The quantitative estimate of drug-likeness (QED) is 0.835. The van der Waals surface area contributed by atoms with Crippen LogP contribution >= 0.6 is 15.9 Å². The lowest BCUT2D eigenvalue weighted by Gasteiger charge is -2.24. The average Bonchev–Trinajstić information content (AvgIpc) is 2.27. The molecule has 0 bridgehead atoms. The molecule has 1 aromatic rings. The minimum Gasteiger partial charge on any atom is -0.481 e. The Morgan fingerprint density at radius 1 is 1.40 bits per heavy atom. The first-order valence-electron chi connectivity index (χ1n) is 4.96. The number of hydrogen-bond acceptors (Lipinski definition) is 1. The Hall–Kier alpha value is -0.830. The maximum absolute atomic E-state index is 11.3. The Morgan fingerprint density at radius 3 is 2.47 bits per heavy atom. The molecular formula is C12H15BrO2. The fraction of sp³-hybridized carbons (Fsp3) is 0.417. The summed E-state index contributed by atoms with van der Waals surface area (Å²) >= 11 is 3.33. The fourth-order valence-electron chi connectivity index (χ4n) is 1.60. The zero-order valence-electron chi connectivity index (χ0n) is 8.74. The highest BCUT2D eigenvalue weighted by Gasteiger charge is 2.34. The van der Waals surface area contributed by atoms with Crippen LogP contribution < -0.4 is 0 Å². The van der Waals surface area contributed by atoms with Gasteiger partial charge in [0.1, 0.15) is 0 Å². The molecule has 0 radical (unpaired) electrons. The maximum atomic E-state index is 11.3. The summed E-state index contributed by atoms with van der Waals surface area (Å²) in [5, 5.41) is 10.1. The number of benzene rings is 1. The van der Waals surface area contributed by atoms with Crippen molar-refractivity contribution in [3.05, 3.63) is 35.9 Å². The third-order valence-electron chi connectivity index (χ3n) is 2.69. The van der Waals surface area contributed by atoms with Gasteiger partial charge in [0, 0.05) is 5.33 Å². The van der Waals surface area contributed by atoms with Gasteiger partial charge in [-0.3, -0.25) is 4.79 Å². The summed E-state index contributed by atoms with van der Waals surface area (Å²) in [5.74, 6) is -0.755. The maximum Gasteiger partial charge on any atom is 0.313 e. The smallest absolute Gasteiger partial charge is 0.313 e. The van der Waals surface area contributed by atoms with Gasteiger partial charge in [-0.1, -0.05) is 46.3 Å². The summed E-state index contributed by atoms with van der Waals surface area (Å²) in [7, 11) is 0. The average molecular weight is 271 g/mol. The van der Waals surface area contributed by atoms with Crippen LogP contribution in [0.1, 0.15) is 25.3 Å².